The van der Waals surface area contributed by atoms with Crippen molar-refractivity contribution in [2.75, 3.05) is 31.1 Å². The van der Waals surface area contributed by atoms with Gasteiger partial charge in [-0.15, -0.1) is 0 Å². The van der Waals surface area contributed by atoms with E-state index in [2.05, 4.69) is 0 Å². The van der Waals surface area contributed by atoms with Crippen LogP contribution in [0, 0.1) is 13.8 Å². The monoisotopic (exact) mass is 466 g/mol. The van der Waals surface area contributed by atoms with Crippen molar-refractivity contribution >= 4 is 15.7 Å². The van der Waals surface area contributed by atoms with Gasteiger partial charge in [0.15, 0.2) is 0 Å². The van der Waals surface area contributed by atoms with E-state index in [1.54, 1.807) is 0 Å². The van der Waals surface area contributed by atoms with Crippen LogP contribution in [0.5, 0.6) is 0 Å². The quantitative estimate of drug-likeness (QED) is 0.608. The number of benzene rings is 2. The molecule has 0 bridgehead atoms. The Balaban J connectivity index is 1.89. The van der Waals surface area contributed by atoms with Crippen LogP contribution in [0.4, 0.5) is 32.0 Å². The van der Waals surface area contributed by atoms with Gasteiger partial charge in [-0.3, -0.25) is 0 Å². The standard InChI is InChI=1S/C20H20F6N2O2S/c1-13-3-4-18(14(2)9-13)27-5-7-28(8-6-27)31(29,30)17-11-15(19(21,22)23)10-16(12-17)20(24,25)26/h3-4,9-12H,5-8H2,1-2H3. The Kier molecular flexibility index (Phi) is 6.05. The lowest BCUT2D eigenvalue weighted by molar-refractivity contribution is -0.143. The normalized spacial score (nSPS) is 16.6. The molecule has 3 rings (SSSR count). The van der Waals surface area contributed by atoms with Gasteiger partial charge in [-0.05, 0) is 43.7 Å². The maximum absolute atomic E-state index is 13.1. The minimum Gasteiger partial charge on any atom is -0.369 e. The maximum atomic E-state index is 13.1. The topological polar surface area (TPSA) is 40.6 Å². The number of anilines is 1. The van der Waals surface area contributed by atoms with Crippen LogP contribution in [0.1, 0.15) is 22.3 Å². The summed E-state index contributed by atoms with van der Waals surface area (Å²) in [6.07, 6.45) is -10.2. The zero-order valence-corrected chi connectivity index (χ0v) is 17.5. The molecule has 0 saturated carbocycles. The number of alkyl halides is 6. The van der Waals surface area contributed by atoms with E-state index in [1.165, 1.54) is 0 Å². The maximum Gasteiger partial charge on any atom is 0.416 e. The molecular formula is C20H20F6N2O2S. The summed E-state index contributed by atoms with van der Waals surface area (Å²) in [6.45, 7) is 4.24. The SMILES string of the molecule is Cc1ccc(N2CCN(S(=O)(=O)c3cc(C(F)(F)F)cc(C(F)(F)F)c3)CC2)c(C)c1. The van der Waals surface area contributed by atoms with E-state index >= 15 is 0 Å². The van der Waals surface area contributed by atoms with Crippen molar-refractivity contribution in [2.24, 2.45) is 0 Å². The lowest BCUT2D eigenvalue weighted by Gasteiger charge is -2.36. The molecule has 0 amide bonds. The molecule has 1 aliphatic rings. The zero-order valence-electron chi connectivity index (χ0n) is 16.7. The lowest BCUT2D eigenvalue weighted by atomic mass is 10.1. The van der Waals surface area contributed by atoms with E-state index in [-0.39, 0.29) is 44.4 Å². The van der Waals surface area contributed by atoms with Gasteiger partial charge in [0.05, 0.1) is 16.0 Å². The Morgan fingerprint density at radius 2 is 1.29 bits per heavy atom. The van der Waals surface area contributed by atoms with Crippen LogP contribution in [-0.2, 0) is 22.4 Å². The second kappa shape index (κ2) is 8.01. The summed E-state index contributed by atoms with van der Waals surface area (Å²) in [6, 6.07) is 6.20. The first-order chi connectivity index (χ1) is 14.2. The molecule has 2 aromatic rings. The summed E-state index contributed by atoms with van der Waals surface area (Å²) in [4.78, 5) is 0.920. The highest BCUT2D eigenvalue weighted by molar-refractivity contribution is 7.89. The highest BCUT2D eigenvalue weighted by atomic mass is 32.2. The van der Waals surface area contributed by atoms with Crippen LogP contribution in [0.2, 0.25) is 0 Å². The summed E-state index contributed by atoms with van der Waals surface area (Å²) in [5.74, 6) is 0. The van der Waals surface area contributed by atoms with Gasteiger partial charge in [0.25, 0.3) is 0 Å². The fourth-order valence-corrected chi connectivity index (χ4v) is 5.05. The van der Waals surface area contributed by atoms with Crippen LogP contribution in [-0.4, -0.2) is 38.9 Å². The number of piperazine rings is 1. The van der Waals surface area contributed by atoms with E-state index in [1.807, 2.05) is 36.9 Å². The van der Waals surface area contributed by atoms with Crippen molar-refractivity contribution in [3.8, 4) is 0 Å². The second-order valence-electron chi connectivity index (χ2n) is 7.42. The van der Waals surface area contributed by atoms with Gasteiger partial charge in [-0.1, -0.05) is 17.7 Å². The summed E-state index contributed by atoms with van der Waals surface area (Å²) in [5.41, 5.74) is -0.359. The molecule has 0 unspecified atom stereocenters. The van der Waals surface area contributed by atoms with Gasteiger partial charge in [-0.2, -0.15) is 30.6 Å². The molecule has 0 N–H and O–H groups in total. The molecule has 1 fully saturated rings. The van der Waals surface area contributed by atoms with Crippen LogP contribution in [0.15, 0.2) is 41.3 Å². The van der Waals surface area contributed by atoms with Crippen LogP contribution >= 0.6 is 0 Å². The Hall–Kier alpha value is -2.27. The number of halogens is 6. The molecular weight excluding hydrogens is 446 g/mol. The minimum atomic E-state index is -5.12. The molecule has 4 nitrogen and oxygen atoms in total. The van der Waals surface area contributed by atoms with E-state index in [4.69, 9.17) is 0 Å². The molecule has 1 aliphatic heterocycles. The third-order valence-electron chi connectivity index (χ3n) is 5.13. The number of hydrogen-bond donors (Lipinski definition) is 0. The van der Waals surface area contributed by atoms with Gasteiger partial charge in [-0.25, -0.2) is 8.42 Å². The average molecular weight is 466 g/mol. The number of aryl methyl sites for hydroxylation is 2. The summed E-state index contributed by atoms with van der Waals surface area (Å²) >= 11 is 0. The van der Waals surface area contributed by atoms with Crippen molar-refractivity contribution in [2.45, 2.75) is 31.1 Å². The van der Waals surface area contributed by atoms with Gasteiger partial charge < -0.3 is 4.90 Å². The van der Waals surface area contributed by atoms with E-state index < -0.39 is 38.4 Å². The Morgan fingerprint density at radius 3 is 1.74 bits per heavy atom. The highest BCUT2D eigenvalue weighted by Gasteiger charge is 2.39. The Labute approximate surface area is 176 Å². The lowest BCUT2D eigenvalue weighted by Crippen LogP contribution is -2.48. The van der Waals surface area contributed by atoms with Crippen LogP contribution < -0.4 is 4.90 Å². The molecule has 0 atom stereocenters. The van der Waals surface area contributed by atoms with E-state index in [0.717, 1.165) is 21.1 Å². The zero-order chi connectivity index (χ0) is 23.2. The fourth-order valence-electron chi connectivity index (χ4n) is 3.55. The number of hydrogen-bond acceptors (Lipinski definition) is 3. The van der Waals surface area contributed by atoms with Crippen molar-refractivity contribution in [3.63, 3.8) is 0 Å². The Morgan fingerprint density at radius 1 is 0.774 bits per heavy atom. The molecule has 1 heterocycles. The molecule has 31 heavy (non-hydrogen) atoms. The fraction of sp³-hybridized carbons (Fsp3) is 0.400. The largest absolute Gasteiger partial charge is 0.416 e. The first-order valence-corrected chi connectivity index (χ1v) is 10.8. The number of rotatable bonds is 3. The molecule has 170 valence electrons. The summed E-state index contributed by atoms with van der Waals surface area (Å²) in [5, 5.41) is 0. The van der Waals surface area contributed by atoms with Gasteiger partial charge >= 0.3 is 12.4 Å². The summed E-state index contributed by atoms with van der Waals surface area (Å²) < 4.78 is 105. The van der Waals surface area contributed by atoms with Crippen LogP contribution in [0.3, 0.4) is 0 Å². The summed E-state index contributed by atoms with van der Waals surface area (Å²) in [7, 11) is -4.54. The molecule has 1 saturated heterocycles. The molecule has 11 heteroatoms. The first-order valence-electron chi connectivity index (χ1n) is 9.31. The molecule has 0 aromatic heterocycles. The number of nitrogens with zero attached hydrogens (tertiary/aromatic N) is 2. The van der Waals surface area contributed by atoms with Gasteiger partial charge in [0, 0.05) is 31.9 Å². The third kappa shape index (κ3) is 4.98. The van der Waals surface area contributed by atoms with Crippen molar-refractivity contribution in [1.29, 1.82) is 0 Å². The highest BCUT2D eigenvalue weighted by Crippen LogP contribution is 2.38. The molecule has 0 spiro atoms. The van der Waals surface area contributed by atoms with Gasteiger partial charge in [0.1, 0.15) is 0 Å². The predicted molar refractivity (Wildman–Crippen MR) is 103 cm³/mol. The van der Waals surface area contributed by atoms with E-state index in [0.29, 0.717) is 0 Å². The van der Waals surface area contributed by atoms with Crippen molar-refractivity contribution < 1.29 is 34.8 Å². The smallest absolute Gasteiger partial charge is 0.369 e. The van der Waals surface area contributed by atoms with Gasteiger partial charge in [0.2, 0.25) is 10.0 Å². The van der Waals surface area contributed by atoms with E-state index in [9.17, 15) is 34.8 Å². The first kappa shape index (κ1) is 23.4. The molecule has 0 radical (unpaired) electrons. The third-order valence-corrected chi connectivity index (χ3v) is 7.01. The predicted octanol–water partition coefficient (Wildman–Crippen LogP) is 4.85. The Bertz CT molecular complexity index is 1040. The second-order valence-corrected chi connectivity index (χ2v) is 9.36. The van der Waals surface area contributed by atoms with Crippen molar-refractivity contribution in [3.05, 3.63) is 58.7 Å². The minimum absolute atomic E-state index is 0.0623. The van der Waals surface area contributed by atoms with Crippen molar-refractivity contribution in [1.82, 2.24) is 4.31 Å². The molecule has 2 aromatic carbocycles. The average Bonchev–Trinajstić information content (AvgIpc) is 2.66. The number of sulfonamides is 1. The van der Waals surface area contributed by atoms with Crippen LogP contribution in [0.25, 0.3) is 0 Å². The molecule has 0 aliphatic carbocycles.